The van der Waals surface area contributed by atoms with Crippen LogP contribution in [0.3, 0.4) is 0 Å². The Morgan fingerprint density at radius 2 is 1.78 bits per heavy atom. The van der Waals surface area contributed by atoms with Gasteiger partial charge in [0.1, 0.15) is 17.8 Å². The molecule has 0 saturated carbocycles. The van der Waals surface area contributed by atoms with Gasteiger partial charge in [-0.2, -0.15) is 13.2 Å². The number of nitrogens with one attached hydrogen (secondary N) is 1. The number of rotatable bonds is 10. The molecule has 0 spiro atoms. The van der Waals surface area contributed by atoms with E-state index in [0.29, 0.717) is 23.6 Å². The number of amides is 1. The first-order chi connectivity index (χ1) is 17.3. The van der Waals surface area contributed by atoms with E-state index in [1.54, 1.807) is 25.3 Å². The highest BCUT2D eigenvalue weighted by Crippen LogP contribution is 2.30. The molecule has 0 bridgehead atoms. The predicted octanol–water partition coefficient (Wildman–Crippen LogP) is 5.43. The summed E-state index contributed by atoms with van der Waals surface area (Å²) >= 11 is 0. The second-order valence-electron chi connectivity index (χ2n) is 8.08. The molecule has 0 aliphatic heterocycles. The van der Waals surface area contributed by atoms with Crippen molar-refractivity contribution in [2.24, 2.45) is 0 Å². The third-order valence-corrected chi connectivity index (χ3v) is 5.37. The van der Waals surface area contributed by atoms with E-state index in [-0.39, 0.29) is 31.2 Å². The van der Waals surface area contributed by atoms with Crippen LogP contribution in [0.5, 0.6) is 5.75 Å². The van der Waals surface area contributed by atoms with E-state index in [2.05, 4.69) is 10.3 Å². The second-order valence-corrected chi connectivity index (χ2v) is 8.08. The van der Waals surface area contributed by atoms with Crippen LogP contribution in [0.25, 0.3) is 0 Å². The molecule has 0 saturated heterocycles. The minimum Gasteiger partial charge on any atom is -0.497 e. The van der Waals surface area contributed by atoms with Crippen LogP contribution in [-0.2, 0) is 32.4 Å². The molecule has 10 heteroatoms. The number of halogens is 3. The fourth-order valence-electron chi connectivity index (χ4n) is 3.61. The highest BCUT2D eigenvalue weighted by molar-refractivity contribution is 5.91. The molecule has 2 aromatic carbocycles. The standard InChI is InChI=1S/C26H24F3N3O4/c1-34-21-9-7-18(8-10-21)14-32(15-19-4-2-5-20(12-19)26(27,28)29)16-24-31-23(17-36-24)25(33)30-13-22-6-3-11-35-22/h2-12,17H,13-16H2,1H3,(H,30,33). The lowest BCUT2D eigenvalue weighted by Gasteiger charge is -2.22. The van der Waals surface area contributed by atoms with Gasteiger partial charge >= 0.3 is 6.18 Å². The van der Waals surface area contributed by atoms with E-state index in [1.807, 2.05) is 29.2 Å². The minimum absolute atomic E-state index is 0.0972. The van der Waals surface area contributed by atoms with Crippen molar-refractivity contribution in [1.82, 2.24) is 15.2 Å². The van der Waals surface area contributed by atoms with Crippen molar-refractivity contribution in [1.29, 1.82) is 0 Å². The van der Waals surface area contributed by atoms with E-state index in [0.717, 1.165) is 17.7 Å². The number of benzene rings is 2. The Morgan fingerprint density at radius 3 is 2.47 bits per heavy atom. The average molecular weight is 499 g/mol. The lowest BCUT2D eigenvalue weighted by Crippen LogP contribution is -2.24. The van der Waals surface area contributed by atoms with Gasteiger partial charge < -0.3 is 18.9 Å². The van der Waals surface area contributed by atoms with E-state index >= 15 is 0 Å². The number of nitrogens with zero attached hydrogens (tertiary/aromatic N) is 2. The second kappa shape index (κ2) is 11.1. The first-order valence-electron chi connectivity index (χ1n) is 11.1. The number of carbonyl (C=O) groups excluding carboxylic acids is 1. The van der Waals surface area contributed by atoms with Gasteiger partial charge in [0.2, 0.25) is 5.89 Å². The molecule has 2 heterocycles. The Hall–Kier alpha value is -4.05. The number of methoxy groups -OCH3 is 1. The number of alkyl halides is 3. The Kier molecular flexibility index (Phi) is 7.74. The molecular weight excluding hydrogens is 475 g/mol. The third kappa shape index (κ3) is 6.76. The van der Waals surface area contributed by atoms with Crippen LogP contribution >= 0.6 is 0 Å². The maximum Gasteiger partial charge on any atom is 0.416 e. The normalized spacial score (nSPS) is 11.6. The molecule has 7 nitrogen and oxygen atoms in total. The summed E-state index contributed by atoms with van der Waals surface area (Å²) in [7, 11) is 1.57. The maximum atomic E-state index is 13.2. The van der Waals surface area contributed by atoms with Crippen molar-refractivity contribution in [3.8, 4) is 5.75 Å². The molecule has 0 radical (unpaired) electrons. The van der Waals surface area contributed by atoms with E-state index in [1.165, 1.54) is 18.6 Å². The molecule has 0 aliphatic rings. The van der Waals surface area contributed by atoms with Crippen LogP contribution in [0.4, 0.5) is 13.2 Å². The predicted molar refractivity (Wildman–Crippen MR) is 124 cm³/mol. The SMILES string of the molecule is COc1ccc(CN(Cc2cccc(C(F)(F)F)c2)Cc2nc(C(=O)NCc3ccco3)co2)cc1. The third-order valence-electron chi connectivity index (χ3n) is 5.37. The molecule has 2 aromatic heterocycles. The van der Waals surface area contributed by atoms with Crippen molar-refractivity contribution in [2.75, 3.05) is 7.11 Å². The summed E-state index contributed by atoms with van der Waals surface area (Å²) in [6.45, 7) is 0.988. The molecule has 1 amide bonds. The Morgan fingerprint density at radius 1 is 1.00 bits per heavy atom. The van der Waals surface area contributed by atoms with Gasteiger partial charge in [-0.25, -0.2) is 4.98 Å². The number of ether oxygens (including phenoxy) is 1. The van der Waals surface area contributed by atoms with Crippen molar-refractivity contribution < 1.29 is 31.5 Å². The van der Waals surface area contributed by atoms with Gasteiger partial charge in [0.25, 0.3) is 5.91 Å². The summed E-state index contributed by atoms with van der Waals surface area (Å²) in [5.41, 5.74) is 0.795. The van der Waals surface area contributed by atoms with E-state index in [9.17, 15) is 18.0 Å². The molecule has 1 N–H and O–H groups in total. The zero-order valence-electron chi connectivity index (χ0n) is 19.4. The fourth-order valence-corrected chi connectivity index (χ4v) is 3.61. The van der Waals surface area contributed by atoms with Crippen molar-refractivity contribution in [2.45, 2.75) is 32.4 Å². The summed E-state index contributed by atoms with van der Waals surface area (Å²) in [6, 6.07) is 16.0. The fraction of sp³-hybridized carbons (Fsp3) is 0.231. The number of carbonyl (C=O) groups is 1. The van der Waals surface area contributed by atoms with Gasteiger partial charge in [-0.05, 0) is 41.5 Å². The average Bonchev–Trinajstić information content (AvgIpc) is 3.55. The Balaban J connectivity index is 1.49. The van der Waals surface area contributed by atoms with Gasteiger partial charge in [0, 0.05) is 13.1 Å². The monoisotopic (exact) mass is 499 g/mol. The number of hydrogen-bond acceptors (Lipinski definition) is 6. The lowest BCUT2D eigenvalue weighted by molar-refractivity contribution is -0.137. The molecule has 0 atom stereocenters. The molecule has 4 rings (SSSR count). The topological polar surface area (TPSA) is 80.7 Å². The van der Waals surface area contributed by atoms with E-state index in [4.69, 9.17) is 13.6 Å². The molecule has 188 valence electrons. The Bertz CT molecular complexity index is 1270. The zero-order valence-corrected chi connectivity index (χ0v) is 19.4. The van der Waals surface area contributed by atoms with Crippen molar-refractivity contribution in [3.63, 3.8) is 0 Å². The quantitative estimate of drug-likeness (QED) is 0.314. The largest absolute Gasteiger partial charge is 0.497 e. The maximum absolute atomic E-state index is 13.2. The summed E-state index contributed by atoms with van der Waals surface area (Å²) in [6.07, 6.45) is -1.67. The van der Waals surface area contributed by atoms with Gasteiger partial charge in [-0.3, -0.25) is 9.69 Å². The van der Waals surface area contributed by atoms with Crippen molar-refractivity contribution >= 4 is 5.91 Å². The number of oxazole rings is 1. The number of aromatic nitrogens is 1. The zero-order chi connectivity index (χ0) is 25.5. The molecule has 36 heavy (non-hydrogen) atoms. The summed E-state index contributed by atoms with van der Waals surface area (Å²) in [5, 5.41) is 2.69. The highest BCUT2D eigenvalue weighted by atomic mass is 19.4. The summed E-state index contributed by atoms with van der Waals surface area (Å²) in [4.78, 5) is 18.6. The van der Waals surface area contributed by atoms with Gasteiger partial charge in [-0.1, -0.05) is 30.3 Å². The first-order valence-corrected chi connectivity index (χ1v) is 11.1. The lowest BCUT2D eigenvalue weighted by atomic mass is 10.1. The number of hydrogen-bond donors (Lipinski definition) is 1. The van der Waals surface area contributed by atoms with Crippen LogP contribution in [0, 0.1) is 0 Å². The summed E-state index contributed by atoms with van der Waals surface area (Å²) < 4.78 is 55.5. The van der Waals surface area contributed by atoms with Crippen LogP contribution in [0.15, 0.2) is 82.0 Å². The highest BCUT2D eigenvalue weighted by Gasteiger charge is 2.30. The van der Waals surface area contributed by atoms with Gasteiger partial charge in [0.15, 0.2) is 5.69 Å². The first kappa shape index (κ1) is 25.1. The van der Waals surface area contributed by atoms with Gasteiger partial charge in [-0.15, -0.1) is 0 Å². The van der Waals surface area contributed by atoms with E-state index < -0.39 is 17.6 Å². The molecule has 0 unspecified atom stereocenters. The molecule has 4 aromatic rings. The van der Waals surface area contributed by atoms with Crippen molar-refractivity contribution in [3.05, 3.63) is 107 Å². The number of furan rings is 1. The smallest absolute Gasteiger partial charge is 0.416 e. The van der Waals surface area contributed by atoms with Crippen LogP contribution in [-0.4, -0.2) is 22.9 Å². The minimum atomic E-state index is -4.43. The molecule has 0 aliphatic carbocycles. The van der Waals surface area contributed by atoms with Crippen LogP contribution < -0.4 is 10.1 Å². The Labute approximate surface area is 205 Å². The van der Waals surface area contributed by atoms with Crippen LogP contribution in [0.1, 0.15) is 38.8 Å². The molecular formula is C26H24F3N3O4. The summed E-state index contributed by atoms with van der Waals surface area (Å²) in [5.74, 6) is 1.12. The van der Waals surface area contributed by atoms with Crippen LogP contribution in [0.2, 0.25) is 0 Å². The van der Waals surface area contributed by atoms with Gasteiger partial charge in [0.05, 0.1) is 32.0 Å². The molecule has 0 fully saturated rings.